The lowest BCUT2D eigenvalue weighted by Crippen LogP contribution is -2.48. The molecule has 2 aromatic carbocycles. The molecule has 30 heavy (non-hydrogen) atoms. The maximum atomic E-state index is 12.5. The summed E-state index contributed by atoms with van der Waals surface area (Å²) in [5, 5.41) is 0. The van der Waals surface area contributed by atoms with Gasteiger partial charge in [0, 0.05) is 45.8 Å². The van der Waals surface area contributed by atoms with Gasteiger partial charge < -0.3 is 4.90 Å². The zero-order chi connectivity index (χ0) is 19.7. The van der Waals surface area contributed by atoms with Crippen molar-refractivity contribution in [1.82, 2.24) is 9.80 Å². The molecule has 7 heteroatoms. The quantitative estimate of drug-likeness (QED) is 0.655. The van der Waals surface area contributed by atoms with E-state index in [2.05, 4.69) is 34.1 Å². The molecule has 0 N–H and O–H groups in total. The highest BCUT2D eigenvalue weighted by Crippen LogP contribution is 2.34. The Kier molecular flexibility index (Phi) is 8.44. The summed E-state index contributed by atoms with van der Waals surface area (Å²) in [6.07, 6.45) is 0. The Morgan fingerprint density at radius 3 is 2.03 bits per heavy atom. The van der Waals surface area contributed by atoms with Gasteiger partial charge in [0.15, 0.2) is 0 Å². The van der Waals surface area contributed by atoms with E-state index in [-0.39, 0.29) is 36.5 Å². The van der Waals surface area contributed by atoms with Gasteiger partial charge in [0.05, 0.1) is 11.3 Å². The minimum Gasteiger partial charge on any atom is -0.303 e. The van der Waals surface area contributed by atoms with Crippen LogP contribution in [-0.2, 0) is 11.3 Å². The topological polar surface area (TPSA) is 43.9 Å². The smallest absolute Gasteiger partial charge is 0.299 e. The maximum Gasteiger partial charge on any atom is 0.299 e. The van der Waals surface area contributed by atoms with Crippen LogP contribution in [0.4, 0.5) is 5.69 Å². The average molecular weight is 450 g/mol. The monoisotopic (exact) mass is 449 g/mol. The Bertz CT molecular complexity index is 897. The van der Waals surface area contributed by atoms with Gasteiger partial charge in [-0.1, -0.05) is 42.5 Å². The number of nitrogens with zero attached hydrogens (tertiary/aromatic N) is 3. The molecule has 2 aliphatic heterocycles. The van der Waals surface area contributed by atoms with E-state index >= 15 is 0 Å². The largest absolute Gasteiger partial charge is 0.303 e. The van der Waals surface area contributed by atoms with Crippen LogP contribution in [0.3, 0.4) is 0 Å². The van der Waals surface area contributed by atoms with Gasteiger partial charge in [-0.15, -0.1) is 24.8 Å². The highest BCUT2D eigenvalue weighted by Gasteiger charge is 2.38. The number of ketones is 1. The summed E-state index contributed by atoms with van der Waals surface area (Å²) in [5.74, 6) is -0.737. The van der Waals surface area contributed by atoms with Crippen molar-refractivity contribution in [3.8, 4) is 0 Å². The van der Waals surface area contributed by atoms with E-state index in [0.29, 0.717) is 12.1 Å². The van der Waals surface area contributed by atoms with Crippen LogP contribution in [0.15, 0.2) is 42.5 Å². The number of carbonyl (C=O) groups excluding carboxylic acids is 2. The molecule has 1 saturated heterocycles. The van der Waals surface area contributed by atoms with Gasteiger partial charge in [0.1, 0.15) is 0 Å². The summed E-state index contributed by atoms with van der Waals surface area (Å²) in [6.45, 7) is 10.3. The fourth-order valence-corrected chi connectivity index (χ4v) is 4.23. The molecule has 0 aromatic heterocycles. The number of benzene rings is 2. The zero-order valence-corrected chi connectivity index (χ0v) is 19.1. The van der Waals surface area contributed by atoms with Crippen molar-refractivity contribution in [2.24, 2.45) is 0 Å². The Morgan fingerprint density at radius 2 is 1.37 bits per heavy atom. The van der Waals surface area contributed by atoms with Crippen LogP contribution >= 0.6 is 24.8 Å². The van der Waals surface area contributed by atoms with E-state index in [9.17, 15) is 9.59 Å². The van der Waals surface area contributed by atoms with Crippen molar-refractivity contribution < 1.29 is 9.59 Å². The predicted octanol–water partition coefficient (Wildman–Crippen LogP) is 3.49. The van der Waals surface area contributed by atoms with E-state index in [4.69, 9.17) is 0 Å². The number of hydrogen-bond acceptors (Lipinski definition) is 4. The number of hydrogen-bond donors (Lipinski definition) is 0. The number of rotatable bonds is 5. The van der Waals surface area contributed by atoms with Gasteiger partial charge in [0.2, 0.25) is 0 Å². The molecule has 0 bridgehead atoms. The molecule has 0 unspecified atom stereocenters. The predicted molar refractivity (Wildman–Crippen MR) is 125 cm³/mol. The number of halogens is 2. The molecule has 0 radical (unpaired) electrons. The van der Waals surface area contributed by atoms with Crippen LogP contribution in [0, 0.1) is 13.8 Å². The van der Waals surface area contributed by atoms with Crippen LogP contribution in [0.1, 0.15) is 27.0 Å². The van der Waals surface area contributed by atoms with Crippen molar-refractivity contribution >= 4 is 42.2 Å². The van der Waals surface area contributed by atoms with E-state index < -0.39 is 0 Å². The van der Waals surface area contributed by atoms with Crippen LogP contribution in [-0.4, -0.2) is 60.8 Å². The fraction of sp³-hybridized carbons (Fsp3) is 0.391. The summed E-state index contributed by atoms with van der Waals surface area (Å²) >= 11 is 0. The minimum absolute atomic E-state index is 0. The molecule has 0 spiro atoms. The Hall–Kier alpha value is -1.92. The normalized spacial score (nSPS) is 16.8. The lowest BCUT2D eigenvalue weighted by Gasteiger charge is -2.35. The molecule has 0 atom stereocenters. The van der Waals surface area contributed by atoms with Crippen LogP contribution < -0.4 is 4.90 Å². The molecule has 2 aromatic rings. The molecular formula is C23H29Cl2N3O2. The molecule has 2 aliphatic rings. The highest BCUT2D eigenvalue weighted by atomic mass is 35.5. The Labute approximate surface area is 190 Å². The van der Waals surface area contributed by atoms with Gasteiger partial charge in [-0.25, -0.2) is 0 Å². The molecule has 0 saturated carbocycles. The Balaban J connectivity index is 0.00000160. The molecular weight excluding hydrogens is 421 g/mol. The number of Topliss-reactive ketones (excluding diaryl/α,β-unsaturated/α-hetero) is 1. The third kappa shape index (κ3) is 4.86. The van der Waals surface area contributed by atoms with Crippen molar-refractivity contribution in [1.29, 1.82) is 0 Å². The van der Waals surface area contributed by atoms with Crippen molar-refractivity contribution in [3.05, 3.63) is 64.7 Å². The van der Waals surface area contributed by atoms with Crippen molar-refractivity contribution in [3.63, 3.8) is 0 Å². The number of aryl methyl sites for hydroxylation is 2. The second-order valence-electron chi connectivity index (χ2n) is 7.81. The first kappa shape index (κ1) is 24.4. The molecule has 5 nitrogen and oxygen atoms in total. The Morgan fingerprint density at radius 1 is 0.767 bits per heavy atom. The first-order chi connectivity index (χ1) is 13.5. The second kappa shape index (κ2) is 10.4. The van der Waals surface area contributed by atoms with Gasteiger partial charge >= 0.3 is 0 Å². The number of carbonyl (C=O) groups is 2. The van der Waals surface area contributed by atoms with E-state index in [1.807, 2.05) is 32.0 Å². The number of fused-ring (bicyclic) bond motifs is 1. The first-order valence-corrected chi connectivity index (χ1v) is 9.99. The van der Waals surface area contributed by atoms with Crippen molar-refractivity contribution in [2.45, 2.75) is 20.4 Å². The summed E-state index contributed by atoms with van der Waals surface area (Å²) < 4.78 is 0. The highest BCUT2D eigenvalue weighted by molar-refractivity contribution is 6.52. The maximum absolute atomic E-state index is 12.5. The SMILES string of the molecule is Cc1ccc(C)c2c1C(=O)C(=O)N2CCN1CCN(Cc2ccccc2)CC1.Cl.Cl. The lowest BCUT2D eigenvalue weighted by molar-refractivity contribution is -0.114. The van der Waals surface area contributed by atoms with Gasteiger partial charge in [0.25, 0.3) is 11.7 Å². The summed E-state index contributed by atoms with van der Waals surface area (Å²) in [6, 6.07) is 14.5. The van der Waals surface area contributed by atoms with Gasteiger partial charge in [-0.2, -0.15) is 0 Å². The molecule has 4 rings (SSSR count). The number of anilines is 1. The third-order valence-electron chi connectivity index (χ3n) is 5.88. The number of amides is 1. The van der Waals surface area contributed by atoms with Gasteiger partial charge in [-0.3, -0.25) is 19.4 Å². The van der Waals surface area contributed by atoms with E-state index in [1.165, 1.54) is 5.56 Å². The summed E-state index contributed by atoms with van der Waals surface area (Å²) in [5.41, 5.74) is 4.64. The molecule has 1 fully saturated rings. The molecule has 2 heterocycles. The zero-order valence-electron chi connectivity index (χ0n) is 17.5. The standard InChI is InChI=1S/C23H27N3O2.2ClH/c1-17-8-9-18(2)21-20(17)22(27)23(28)26(21)15-14-24-10-12-25(13-11-24)16-19-6-4-3-5-7-19;;/h3-9H,10-16H2,1-2H3;2*1H. The molecule has 162 valence electrons. The van der Waals surface area contributed by atoms with Crippen LogP contribution in [0.25, 0.3) is 0 Å². The van der Waals surface area contributed by atoms with Crippen LogP contribution in [0.5, 0.6) is 0 Å². The third-order valence-corrected chi connectivity index (χ3v) is 5.88. The number of piperazine rings is 1. The second-order valence-corrected chi connectivity index (χ2v) is 7.81. The minimum atomic E-state index is -0.380. The molecule has 0 aliphatic carbocycles. The van der Waals surface area contributed by atoms with Gasteiger partial charge in [-0.05, 0) is 30.5 Å². The first-order valence-electron chi connectivity index (χ1n) is 9.99. The van der Waals surface area contributed by atoms with Crippen molar-refractivity contribution in [2.75, 3.05) is 44.2 Å². The summed E-state index contributed by atoms with van der Waals surface area (Å²) in [4.78, 5) is 31.5. The molecule has 1 amide bonds. The fourth-order valence-electron chi connectivity index (χ4n) is 4.23. The lowest BCUT2D eigenvalue weighted by atomic mass is 10.0. The van der Waals surface area contributed by atoms with E-state index in [0.717, 1.165) is 56.1 Å². The summed E-state index contributed by atoms with van der Waals surface area (Å²) in [7, 11) is 0. The van der Waals surface area contributed by atoms with Crippen LogP contribution in [0.2, 0.25) is 0 Å². The average Bonchev–Trinajstić information content (AvgIpc) is 2.97. The van der Waals surface area contributed by atoms with E-state index in [1.54, 1.807) is 4.90 Å².